The van der Waals surface area contributed by atoms with Gasteiger partial charge < -0.3 is 15.5 Å². The van der Waals surface area contributed by atoms with E-state index in [1.165, 1.54) is 0 Å². The number of nitrogens with zero attached hydrogens (tertiary/aromatic N) is 3. The first-order valence-electron chi connectivity index (χ1n) is 11.6. The number of carboxylic acids is 2. The zero-order valence-corrected chi connectivity index (χ0v) is 21.9. The van der Waals surface area contributed by atoms with Gasteiger partial charge >= 0.3 is 24.3 Å². The molecule has 0 aliphatic heterocycles. The van der Waals surface area contributed by atoms with Gasteiger partial charge in [-0.25, -0.2) is 14.6 Å². The number of aromatic nitrogens is 3. The Balaban J connectivity index is 0.000000303. The van der Waals surface area contributed by atoms with Gasteiger partial charge in [0.25, 0.3) is 5.91 Å². The molecule has 5 aromatic rings. The second kappa shape index (κ2) is 13.2. The molecule has 0 radical (unpaired) electrons. The number of hydrogen-bond donors (Lipinski definition) is 3. The lowest BCUT2D eigenvalue weighted by Crippen LogP contribution is -2.21. The first-order chi connectivity index (χ1) is 20.1. The molecule has 3 N–H and O–H groups in total. The van der Waals surface area contributed by atoms with E-state index in [4.69, 9.17) is 31.4 Å². The van der Waals surface area contributed by atoms with Crippen LogP contribution in [0.1, 0.15) is 10.6 Å². The van der Waals surface area contributed by atoms with Gasteiger partial charge in [0.2, 0.25) is 5.82 Å². The predicted octanol–water partition coefficient (Wildman–Crippen LogP) is 6.72. The molecule has 0 spiro atoms. The number of carbonyl (C=O) groups is 3. The van der Waals surface area contributed by atoms with E-state index in [-0.39, 0.29) is 5.91 Å². The van der Waals surface area contributed by atoms with Crippen LogP contribution in [0.4, 0.5) is 32.0 Å². The summed E-state index contributed by atoms with van der Waals surface area (Å²) in [7, 11) is 0. The third-order valence-corrected chi connectivity index (χ3v) is 5.50. The summed E-state index contributed by atoms with van der Waals surface area (Å²) < 4.78 is 65.3. The van der Waals surface area contributed by atoms with Crippen molar-refractivity contribution in [1.29, 1.82) is 0 Å². The number of rotatable bonds is 3. The van der Waals surface area contributed by atoms with Crippen molar-refractivity contribution in [2.24, 2.45) is 0 Å². The molecule has 3 heterocycles. The van der Waals surface area contributed by atoms with E-state index in [0.717, 1.165) is 21.9 Å². The number of fused-ring (bicyclic) bond motifs is 2. The van der Waals surface area contributed by atoms with Crippen LogP contribution in [0.25, 0.3) is 27.5 Å². The predicted molar refractivity (Wildman–Crippen MR) is 143 cm³/mol. The summed E-state index contributed by atoms with van der Waals surface area (Å²) in [5.41, 5.74) is 3.12. The Morgan fingerprint density at radius 3 is 2.07 bits per heavy atom. The molecule has 3 aromatic heterocycles. The van der Waals surface area contributed by atoms with E-state index in [2.05, 4.69) is 15.3 Å². The van der Waals surface area contributed by atoms with Crippen LogP contribution in [0.5, 0.6) is 0 Å². The molecule has 9 nitrogen and oxygen atoms in total. The minimum absolute atomic E-state index is 0.288. The highest BCUT2D eigenvalue weighted by atomic mass is 35.5. The smallest absolute Gasteiger partial charge is 0.475 e. The molecule has 2 aromatic carbocycles. The molecule has 0 aliphatic rings. The molecule has 0 bridgehead atoms. The molecule has 5 rings (SSSR count). The number of nitrogens with one attached hydrogen (secondary N) is 1. The number of carbonyl (C=O) groups excluding carboxylic acids is 1. The maximum absolute atomic E-state index is 13.1. The third kappa shape index (κ3) is 8.42. The van der Waals surface area contributed by atoms with Gasteiger partial charge in [-0.15, -0.1) is 0 Å². The summed E-state index contributed by atoms with van der Waals surface area (Å²) in [5, 5.41) is 19.7. The van der Waals surface area contributed by atoms with Gasteiger partial charge in [0.05, 0.1) is 11.2 Å². The van der Waals surface area contributed by atoms with E-state index < -0.39 is 24.3 Å². The van der Waals surface area contributed by atoms with E-state index in [9.17, 15) is 31.1 Å². The SMILES string of the molecule is O=C(Nc1cccc2cnccc12)c1nc(-c2cccc(Cl)c2)c2ccccn12.O=C(O)C(F)(F)F.O=C(O)C(F)(F)F. The molecule has 224 valence electrons. The highest BCUT2D eigenvalue weighted by Crippen LogP contribution is 2.28. The Labute approximate surface area is 242 Å². The summed E-state index contributed by atoms with van der Waals surface area (Å²) in [5.74, 6) is -5.49. The molecule has 43 heavy (non-hydrogen) atoms. The fourth-order valence-corrected chi connectivity index (χ4v) is 3.65. The summed E-state index contributed by atoms with van der Waals surface area (Å²) in [6.07, 6.45) is -4.86. The van der Waals surface area contributed by atoms with E-state index in [1.807, 2.05) is 72.9 Å². The normalized spacial score (nSPS) is 11.1. The van der Waals surface area contributed by atoms with Crippen molar-refractivity contribution >= 4 is 51.4 Å². The van der Waals surface area contributed by atoms with Gasteiger partial charge in [-0.3, -0.25) is 14.2 Å². The number of alkyl halides is 6. The first-order valence-corrected chi connectivity index (χ1v) is 11.9. The Hall–Kier alpha value is -5.18. The van der Waals surface area contributed by atoms with E-state index in [1.54, 1.807) is 16.8 Å². The van der Waals surface area contributed by atoms with Crippen LogP contribution in [0, 0.1) is 0 Å². The van der Waals surface area contributed by atoms with Gasteiger partial charge in [0, 0.05) is 45.6 Å². The Morgan fingerprint density at radius 2 is 1.47 bits per heavy atom. The van der Waals surface area contributed by atoms with Gasteiger partial charge in [-0.05, 0) is 36.4 Å². The van der Waals surface area contributed by atoms with Crippen molar-refractivity contribution < 1.29 is 50.9 Å². The zero-order chi connectivity index (χ0) is 31.9. The number of benzene rings is 2. The maximum atomic E-state index is 13.1. The van der Waals surface area contributed by atoms with Crippen LogP contribution in [-0.4, -0.2) is 54.8 Å². The minimum Gasteiger partial charge on any atom is -0.475 e. The molecule has 16 heteroatoms. The molecule has 0 saturated carbocycles. The molecular weight excluding hydrogens is 610 g/mol. The average molecular weight is 627 g/mol. The number of hydrogen-bond acceptors (Lipinski definition) is 5. The quantitative estimate of drug-likeness (QED) is 0.189. The van der Waals surface area contributed by atoms with E-state index >= 15 is 0 Å². The fourth-order valence-electron chi connectivity index (χ4n) is 3.46. The first kappa shape index (κ1) is 32.3. The van der Waals surface area contributed by atoms with Crippen LogP contribution in [0.3, 0.4) is 0 Å². The van der Waals surface area contributed by atoms with Gasteiger partial charge in [-0.2, -0.15) is 26.3 Å². The lowest BCUT2D eigenvalue weighted by Gasteiger charge is -2.08. The number of carboxylic acid groups (broad SMARTS) is 2. The summed E-state index contributed by atoms with van der Waals surface area (Å²) >= 11 is 6.16. The number of halogens is 7. The van der Waals surface area contributed by atoms with Crippen LogP contribution in [0.2, 0.25) is 5.02 Å². The van der Waals surface area contributed by atoms with Gasteiger partial charge in [-0.1, -0.05) is 41.9 Å². The molecule has 0 saturated heterocycles. The van der Waals surface area contributed by atoms with Gasteiger partial charge in [0.15, 0.2) is 0 Å². The second-order valence-electron chi connectivity index (χ2n) is 8.21. The van der Waals surface area contributed by atoms with Crippen molar-refractivity contribution in [3.63, 3.8) is 0 Å². The largest absolute Gasteiger partial charge is 0.490 e. The monoisotopic (exact) mass is 626 g/mol. The molecule has 0 aliphatic carbocycles. The summed E-state index contributed by atoms with van der Waals surface area (Å²) in [4.78, 5) is 39.7. The van der Waals surface area contributed by atoms with Gasteiger partial charge in [0.1, 0.15) is 0 Å². The third-order valence-electron chi connectivity index (χ3n) is 5.26. The number of imidazole rings is 1. The lowest BCUT2D eigenvalue weighted by atomic mass is 10.1. The van der Waals surface area contributed by atoms with Crippen LogP contribution < -0.4 is 5.32 Å². The van der Waals surface area contributed by atoms with Crippen LogP contribution in [0.15, 0.2) is 85.3 Å². The molecule has 0 fully saturated rings. The fraction of sp³-hybridized carbons (Fsp3) is 0.0741. The highest BCUT2D eigenvalue weighted by molar-refractivity contribution is 6.30. The highest BCUT2D eigenvalue weighted by Gasteiger charge is 2.38. The molecular formula is C27H17ClF6N4O5. The van der Waals surface area contributed by atoms with Crippen molar-refractivity contribution in [3.8, 4) is 11.3 Å². The minimum atomic E-state index is -5.08. The maximum Gasteiger partial charge on any atom is 0.490 e. The lowest BCUT2D eigenvalue weighted by molar-refractivity contribution is -0.193. The second-order valence-corrected chi connectivity index (χ2v) is 8.65. The van der Waals surface area contributed by atoms with Crippen LogP contribution >= 0.6 is 11.6 Å². The van der Waals surface area contributed by atoms with Crippen molar-refractivity contribution in [2.75, 3.05) is 5.32 Å². The molecule has 0 atom stereocenters. The Morgan fingerprint density at radius 1 is 0.837 bits per heavy atom. The van der Waals surface area contributed by atoms with Crippen LogP contribution in [-0.2, 0) is 9.59 Å². The Kier molecular flexibility index (Phi) is 9.93. The summed E-state index contributed by atoms with van der Waals surface area (Å²) in [6, 6.07) is 20.8. The number of anilines is 1. The standard InChI is InChI=1S/C23H15ClN4O.2C2HF3O2/c24-17-7-3-5-15(13-17)21-20-9-1-2-12-28(20)22(27-21)23(29)26-19-8-4-6-16-14-25-11-10-18(16)19;2*3-2(4,5)1(6)7/h1-14H,(H,26,29);2*(H,6,7). The topological polar surface area (TPSA) is 134 Å². The van der Waals surface area contributed by atoms with Crippen molar-refractivity contribution in [1.82, 2.24) is 14.4 Å². The van der Waals surface area contributed by atoms with Crippen molar-refractivity contribution in [2.45, 2.75) is 12.4 Å². The Bertz CT molecular complexity index is 1760. The molecule has 1 amide bonds. The molecule has 0 unspecified atom stereocenters. The summed E-state index contributed by atoms with van der Waals surface area (Å²) in [6.45, 7) is 0. The van der Waals surface area contributed by atoms with Crippen molar-refractivity contribution in [3.05, 3.63) is 96.2 Å². The zero-order valence-electron chi connectivity index (χ0n) is 21.2. The number of pyridine rings is 2. The number of aliphatic carboxylic acids is 2. The average Bonchev–Trinajstić information content (AvgIpc) is 3.33. The number of amides is 1. The van der Waals surface area contributed by atoms with E-state index in [0.29, 0.717) is 22.2 Å².